The Labute approximate surface area is 209 Å². The number of nitrogens with zero attached hydrogens (tertiary/aromatic N) is 3. The van der Waals surface area contributed by atoms with E-state index in [4.69, 9.17) is 23.2 Å². The van der Waals surface area contributed by atoms with E-state index in [-0.39, 0.29) is 17.6 Å². The SMILES string of the molecule is O=c1[nH]ncc2cc(Cc3c(Cl)cccc3Cl)nc(Nc3c(F)cc(N4CCNCC4)cc3F)c12. The molecule has 0 bridgehead atoms. The number of aromatic nitrogens is 3. The predicted octanol–water partition coefficient (Wildman–Crippen LogP) is 4.65. The van der Waals surface area contributed by atoms with Gasteiger partial charge in [0.05, 0.1) is 11.6 Å². The van der Waals surface area contributed by atoms with Crippen molar-refractivity contribution in [3.63, 3.8) is 0 Å². The fraction of sp³-hybridized carbons (Fsp3) is 0.208. The van der Waals surface area contributed by atoms with Crippen LogP contribution in [0, 0.1) is 11.6 Å². The molecule has 7 nitrogen and oxygen atoms in total. The fourth-order valence-electron chi connectivity index (χ4n) is 4.14. The van der Waals surface area contributed by atoms with Gasteiger partial charge in [-0.15, -0.1) is 0 Å². The highest BCUT2D eigenvalue weighted by Crippen LogP contribution is 2.32. The molecule has 3 N–H and O–H groups in total. The van der Waals surface area contributed by atoms with Crippen LogP contribution in [0.15, 0.2) is 47.4 Å². The molecule has 1 fully saturated rings. The Kier molecular flexibility index (Phi) is 6.55. The van der Waals surface area contributed by atoms with Crippen LogP contribution in [0.5, 0.6) is 0 Å². The molecule has 0 aliphatic carbocycles. The van der Waals surface area contributed by atoms with Crippen LogP contribution in [-0.4, -0.2) is 41.4 Å². The van der Waals surface area contributed by atoms with E-state index in [1.165, 1.54) is 18.3 Å². The first kappa shape index (κ1) is 23.5. The number of H-pyrrole nitrogens is 1. The summed E-state index contributed by atoms with van der Waals surface area (Å²) >= 11 is 12.6. The number of fused-ring (bicyclic) bond motifs is 1. The molecule has 1 aliphatic heterocycles. The second-order valence-corrected chi connectivity index (χ2v) is 8.96. The molecule has 4 aromatic rings. The van der Waals surface area contributed by atoms with E-state index in [1.807, 2.05) is 4.90 Å². The summed E-state index contributed by atoms with van der Waals surface area (Å²) in [6, 6.07) is 9.37. The third-order valence-corrected chi connectivity index (χ3v) is 6.58. The number of halogens is 4. The van der Waals surface area contributed by atoms with Crippen LogP contribution in [0.25, 0.3) is 10.8 Å². The van der Waals surface area contributed by atoms with Crippen LogP contribution in [0.2, 0.25) is 10.0 Å². The molecule has 2 aromatic carbocycles. The Bertz CT molecular complexity index is 1430. The van der Waals surface area contributed by atoms with E-state index in [1.54, 1.807) is 24.3 Å². The number of aromatic amines is 1. The monoisotopic (exact) mass is 516 g/mol. The average Bonchev–Trinajstić information content (AvgIpc) is 2.84. The Morgan fingerprint density at radius 2 is 1.74 bits per heavy atom. The first-order valence-corrected chi connectivity index (χ1v) is 11.7. The molecule has 0 radical (unpaired) electrons. The van der Waals surface area contributed by atoms with Crippen molar-refractivity contribution in [2.24, 2.45) is 0 Å². The molecule has 0 unspecified atom stereocenters. The maximum absolute atomic E-state index is 15.1. The van der Waals surface area contributed by atoms with Gasteiger partial charge in [0.25, 0.3) is 5.56 Å². The van der Waals surface area contributed by atoms with E-state index in [9.17, 15) is 4.79 Å². The number of hydrogen-bond acceptors (Lipinski definition) is 6. The van der Waals surface area contributed by atoms with Crippen LogP contribution in [0.3, 0.4) is 0 Å². The van der Waals surface area contributed by atoms with Gasteiger partial charge in [-0.25, -0.2) is 18.9 Å². The highest BCUT2D eigenvalue weighted by Gasteiger charge is 2.20. The minimum absolute atomic E-state index is 0.00273. The highest BCUT2D eigenvalue weighted by molar-refractivity contribution is 6.36. The second kappa shape index (κ2) is 9.77. The Morgan fingerprint density at radius 3 is 2.43 bits per heavy atom. The van der Waals surface area contributed by atoms with Crippen molar-refractivity contribution in [3.05, 3.63) is 85.9 Å². The number of rotatable bonds is 5. The summed E-state index contributed by atoms with van der Waals surface area (Å²) in [5.74, 6) is -1.59. The predicted molar refractivity (Wildman–Crippen MR) is 134 cm³/mol. The van der Waals surface area contributed by atoms with Crippen molar-refractivity contribution >= 4 is 51.2 Å². The zero-order valence-electron chi connectivity index (χ0n) is 18.3. The van der Waals surface area contributed by atoms with Gasteiger partial charge in [0.2, 0.25) is 0 Å². The summed E-state index contributed by atoms with van der Waals surface area (Å²) in [4.78, 5) is 19.0. The summed E-state index contributed by atoms with van der Waals surface area (Å²) < 4.78 is 30.2. The average molecular weight is 517 g/mol. The van der Waals surface area contributed by atoms with Crippen LogP contribution in [0.4, 0.5) is 26.0 Å². The number of hydrogen-bond donors (Lipinski definition) is 3. The zero-order valence-corrected chi connectivity index (χ0v) is 19.9. The third-order valence-electron chi connectivity index (χ3n) is 5.87. The standard InChI is InChI=1S/C24H20Cl2F2N6O/c25-17-2-1-3-18(26)16(17)9-14-8-13-12-30-33-24(35)21(13)23(31-14)32-22-19(27)10-15(11-20(22)28)34-6-4-29-5-7-34/h1-3,8,10-12,29H,4-7,9H2,(H,31,32)(H,33,35). The zero-order chi connectivity index (χ0) is 24.5. The first-order chi connectivity index (χ1) is 16.9. The van der Waals surface area contributed by atoms with Gasteiger partial charge >= 0.3 is 0 Å². The summed E-state index contributed by atoms with van der Waals surface area (Å²) in [6.07, 6.45) is 1.68. The van der Waals surface area contributed by atoms with Crippen LogP contribution in [-0.2, 0) is 6.42 Å². The lowest BCUT2D eigenvalue weighted by atomic mass is 10.1. The topological polar surface area (TPSA) is 85.9 Å². The van der Waals surface area contributed by atoms with Gasteiger partial charge < -0.3 is 15.5 Å². The van der Waals surface area contributed by atoms with E-state index >= 15 is 8.78 Å². The van der Waals surface area contributed by atoms with E-state index in [2.05, 4.69) is 25.8 Å². The van der Waals surface area contributed by atoms with Gasteiger partial charge in [-0.1, -0.05) is 29.3 Å². The molecular weight excluding hydrogens is 497 g/mol. The Morgan fingerprint density at radius 1 is 1.06 bits per heavy atom. The molecule has 5 rings (SSSR count). The van der Waals surface area contributed by atoms with Gasteiger partial charge in [0, 0.05) is 59.4 Å². The minimum atomic E-state index is -0.793. The molecule has 2 aromatic heterocycles. The van der Waals surface area contributed by atoms with Crippen molar-refractivity contribution in [1.29, 1.82) is 0 Å². The van der Waals surface area contributed by atoms with Gasteiger partial charge in [-0.2, -0.15) is 5.10 Å². The van der Waals surface area contributed by atoms with Crippen LogP contribution >= 0.6 is 23.2 Å². The highest BCUT2D eigenvalue weighted by atomic mass is 35.5. The molecule has 3 heterocycles. The van der Waals surface area contributed by atoms with Crippen molar-refractivity contribution in [2.75, 3.05) is 36.4 Å². The van der Waals surface area contributed by atoms with Crippen LogP contribution in [0.1, 0.15) is 11.3 Å². The quantitative estimate of drug-likeness (QED) is 0.358. The molecule has 1 aliphatic rings. The van der Waals surface area contributed by atoms with Crippen molar-refractivity contribution < 1.29 is 8.78 Å². The number of nitrogens with one attached hydrogen (secondary N) is 3. The summed E-state index contributed by atoms with van der Waals surface area (Å²) in [5, 5.41) is 13.6. The first-order valence-electron chi connectivity index (χ1n) is 10.9. The van der Waals surface area contributed by atoms with Gasteiger partial charge in [0.1, 0.15) is 11.5 Å². The van der Waals surface area contributed by atoms with E-state index in [0.717, 1.165) is 13.1 Å². The van der Waals surface area contributed by atoms with Crippen molar-refractivity contribution in [3.8, 4) is 0 Å². The maximum Gasteiger partial charge on any atom is 0.275 e. The minimum Gasteiger partial charge on any atom is -0.369 e. The maximum atomic E-state index is 15.1. The normalized spacial score (nSPS) is 13.9. The molecule has 0 atom stereocenters. The lowest BCUT2D eigenvalue weighted by Crippen LogP contribution is -2.43. The lowest BCUT2D eigenvalue weighted by molar-refractivity contribution is 0.571. The number of anilines is 3. The van der Waals surface area contributed by atoms with Crippen molar-refractivity contribution in [1.82, 2.24) is 20.5 Å². The molecule has 0 amide bonds. The third kappa shape index (κ3) is 4.80. The Hall–Kier alpha value is -3.27. The fourth-order valence-corrected chi connectivity index (χ4v) is 4.67. The number of benzene rings is 2. The largest absolute Gasteiger partial charge is 0.369 e. The van der Waals surface area contributed by atoms with Crippen molar-refractivity contribution in [2.45, 2.75) is 6.42 Å². The smallest absolute Gasteiger partial charge is 0.275 e. The molecule has 11 heteroatoms. The summed E-state index contributed by atoms with van der Waals surface area (Å²) in [5.41, 5.74) is 0.638. The second-order valence-electron chi connectivity index (χ2n) is 8.15. The van der Waals surface area contributed by atoms with E-state index < -0.39 is 22.9 Å². The molecule has 180 valence electrons. The molecule has 0 spiro atoms. The number of piperazine rings is 1. The lowest BCUT2D eigenvalue weighted by Gasteiger charge is -2.29. The summed E-state index contributed by atoms with van der Waals surface area (Å²) in [7, 11) is 0. The molecule has 35 heavy (non-hydrogen) atoms. The van der Waals surface area contributed by atoms with Gasteiger partial charge in [0.15, 0.2) is 11.6 Å². The molecular formula is C24H20Cl2F2N6O. The molecule has 1 saturated heterocycles. The Balaban J connectivity index is 1.56. The summed E-state index contributed by atoms with van der Waals surface area (Å²) in [6.45, 7) is 2.76. The van der Waals surface area contributed by atoms with Gasteiger partial charge in [-0.05, 0) is 35.9 Å². The van der Waals surface area contributed by atoms with E-state index in [0.29, 0.717) is 45.5 Å². The molecule has 0 saturated carbocycles. The number of pyridine rings is 1. The van der Waals surface area contributed by atoms with Gasteiger partial charge in [-0.3, -0.25) is 4.79 Å². The van der Waals surface area contributed by atoms with Crippen LogP contribution < -0.4 is 21.1 Å².